The number of hydrogen-bond donors (Lipinski definition) is 0. The van der Waals surface area contributed by atoms with Gasteiger partial charge in [-0.1, -0.05) is 12.1 Å². The topological polar surface area (TPSA) is 57.7 Å². The third-order valence-corrected chi connectivity index (χ3v) is 6.58. The lowest BCUT2D eigenvalue weighted by Crippen LogP contribution is -2.29. The lowest BCUT2D eigenvalue weighted by molar-refractivity contribution is 0.0988. The minimum Gasteiger partial charge on any atom is -0.308 e. The number of sulfonamides is 1. The number of carbonyl (C=O) groups excluding carboxylic acids is 1. The van der Waals surface area contributed by atoms with Crippen molar-refractivity contribution in [3.8, 4) is 0 Å². The Kier molecular flexibility index (Phi) is 4.50. The molecule has 1 heterocycles. The van der Waals surface area contributed by atoms with Crippen molar-refractivity contribution in [2.75, 3.05) is 25.5 Å². The van der Waals surface area contributed by atoms with Gasteiger partial charge in [-0.05, 0) is 58.2 Å². The summed E-state index contributed by atoms with van der Waals surface area (Å²) in [5, 5.41) is 0. The van der Waals surface area contributed by atoms with Crippen LogP contribution in [0.2, 0.25) is 0 Å². The molecule has 0 fully saturated rings. The Morgan fingerprint density at radius 2 is 1.88 bits per heavy atom. The molecule has 2 aromatic rings. The maximum Gasteiger partial charge on any atom is 0.259 e. The van der Waals surface area contributed by atoms with Crippen LogP contribution in [0.15, 0.2) is 51.8 Å². The molecule has 24 heavy (non-hydrogen) atoms. The van der Waals surface area contributed by atoms with Gasteiger partial charge >= 0.3 is 0 Å². The van der Waals surface area contributed by atoms with Crippen molar-refractivity contribution < 1.29 is 13.2 Å². The van der Waals surface area contributed by atoms with Crippen molar-refractivity contribution in [3.05, 3.63) is 58.1 Å². The van der Waals surface area contributed by atoms with Crippen LogP contribution >= 0.6 is 15.9 Å². The van der Waals surface area contributed by atoms with Crippen LogP contribution in [0, 0.1) is 0 Å². The summed E-state index contributed by atoms with van der Waals surface area (Å²) in [5.74, 6) is -0.0931. The van der Waals surface area contributed by atoms with Crippen molar-refractivity contribution in [3.63, 3.8) is 0 Å². The fourth-order valence-electron chi connectivity index (χ4n) is 2.74. The second-order valence-corrected chi connectivity index (χ2v) is 8.77. The Morgan fingerprint density at radius 1 is 1.17 bits per heavy atom. The summed E-state index contributed by atoms with van der Waals surface area (Å²) in [6.45, 7) is 0.543. The van der Waals surface area contributed by atoms with Crippen LogP contribution in [0.1, 0.15) is 15.9 Å². The van der Waals surface area contributed by atoms with E-state index in [1.165, 1.54) is 18.4 Å². The molecule has 3 rings (SSSR count). The minimum atomic E-state index is -3.47. The predicted molar refractivity (Wildman–Crippen MR) is 96.8 cm³/mol. The summed E-state index contributed by atoms with van der Waals surface area (Å²) in [6, 6.07) is 12.2. The largest absolute Gasteiger partial charge is 0.308 e. The van der Waals surface area contributed by atoms with Gasteiger partial charge in [0.15, 0.2) is 0 Å². The van der Waals surface area contributed by atoms with Gasteiger partial charge in [0.2, 0.25) is 10.0 Å². The molecule has 0 radical (unpaired) electrons. The number of anilines is 1. The molecule has 0 atom stereocenters. The number of amides is 1. The van der Waals surface area contributed by atoms with E-state index in [0.29, 0.717) is 18.5 Å². The fraction of sp³-hybridized carbons (Fsp3) is 0.235. The van der Waals surface area contributed by atoms with Gasteiger partial charge in [-0.25, -0.2) is 12.7 Å². The average Bonchev–Trinajstić information content (AvgIpc) is 2.97. The summed E-state index contributed by atoms with van der Waals surface area (Å²) >= 11 is 3.41. The summed E-state index contributed by atoms with van der Waals surface area (Å²) in [7, 11) is -0.462. The Hall–Kier alpha value is -1.70. The summed E-state index contributed by atoms with van der Waals surface area (Å²) in [5.41, 5.74) is 2.24. The quantitative estimate of drug-likeness (QED) is 0.784. The van der Waals surface area contributed by atoms with Crippen molar-refractivity contribution >= 4 is 37.5 Å². The van der Waals surface area contributed by atoms with Crippen molar-refractivity contribution in [1.29, 1.82) is 0 Å². The molecule has 1 amide bonds. The van der Waals surface area contributed by atoms with Crippen molar-refractivity contribution in [2.45, 2.75) is 11.3 Å². The van der Waals surface area contributed by atoms with Gasteiger partial charge in [0, 0.05) is 30.8 Å². The van der Waals surface area contributed by atoms with Gasteiger partial charge in [0.25, 0.3) is 5.91 Å². The van der Waals surface area contributed by atoms with Crippen molar-refractivity contribution in [1.82, 2.24) is 4.31 Å². The molecule has 0 spiro atoms. The molecule has 1 aliphatic heterocycles. The maximum absolute atomic E-state index is 12.8. The number of halogens is 1. The van der Waals surface area contributed by atoms with Crippen LogP contribution in [0.3, 0.4) is 0 Å². The standard InChI is InChI=1S/C17H17BrN2O3S/c1-19(2)24(22,23)13-7-8-16-12(11-13)9-10-20(16)17(21)14-5-3-4-6-15(14)18/h3-8,11H,9-10H2,1-2H3. The molecule has 0 bridgehead atoms. The van der Waals surface area contributed by atoms with Crippen LogP contribution in [-0.4, -0.2) is 39.3 Å². The molecule has 0 aromatic heterocycles. The highest BCUT2D eigenvalue weighted by molar-refractivity contribution is 9.10. The molecule has 1 aliphatic rings. The highest BCUT2D eigenvalue weighted by Gasteiger charge is 2.28. The maximum atomic E-state index is 12.8. The van der Waals surface area contributed by atoms with E-state index in [2.05, 4.69) is 15.9 Å². The molecule has 0 saturated heterocycles. The van der Waals surface area contributed by atoms with Gasteiger partial charge in [0.05, 0.1) is 10.5 Å². The third-order valence-electron chi connectivity index (χ3n) is 4.07. The van der Waals surface area contributed by atoms with Crippen molar-refractivity contribution in [2.24, 2.45) is 0 Å². The monoisotopic (exact) mass is 408 g/mol. The molecule has 0 N–H and O–H groups in total. The molecule has 126 valence electrons. The zero-order valence-corrected chi connectivity index (χ0v) is 15.8. The second kappa shape index (κ2) is 6.31. The normalized spacial score (nSPS) is 14.1. The van der Waals surface area contributed by atoms with Gasteiger partial charge in [0.1, 0.15) is 0 Å². The first kappa shape index (κ1) is 17.1. The zero-order valence-electron chi connectivity index (χ0n) is 13.4. The molecule has 0 saturated carbocycles. The van der Waals surface area contributed by atoms with Gasteiger partial charge in [-0.15, -0.1) is 0 Å². The van der Waals surface area contributed by atoms with Gasteiger partial charge < -0.3 is 4.90 Å². The zero-order chi connectivity index (χ0) is 17.5. The third kappa shape index (κ3) is 2.87. The van der Waals surface area contributed by atoms with Crippen LogP contribution in [0.5, 0.6) is 0 Å². The first-order valence-corrected chi connectivity index (χ1v) is 9.67. The van der Waals surface area contributed by atoms with E-state index in [1.54, 1.807) is 29.2 Å². The Morgan fingerprint density at radius 3 is 2.54 bits per heavy atom. The van der Waals surface area contributed by atoms with E-state index >= 15 is 0 Å². The highest BCUT2D eigenvalue weighted by atomic mass is 79.9. The summed E-state index contributed by atoms with van der Waals surface area (Å²) in [4.78, 5) is 14.7. The SMILES string of the molecule is CN(C)S(=O)(=O)c1ccc2c(c1)CCN2C(=O)c1ccccc1Br. The minimum absolute atomic E-state index is 0.0931. The molecule has 0 unspecified atom stereocenters. The van der Waals surface area contributed by atoms with E-state index in [-0.39, 0.29) is 10.8 Å². The molecule has 2 aromatic carbocycles. The number of hydrogen-bond acceptors (Lipinski definition) is 3. The van der Waals surface area contributed by atoms with Crippen LogP contribution in [0.25, 0.3) is 0 Å². The van der Waals surface area contributed by atoms with Gasteiger partial charge in [-0.2, -0.15) is 0 Å². The van der Waals surface area contributed by atoms with E-state index in [4.69, 9.17) is 0 Å². The predicted octanol–water partition coefficient (Wildman–Crippen LogP) is 2.90. The average molecular weight is 409 g/mol. The Balaban J connectivity index is 1.97. The molecular weight excluding hydrogens is 392 g/mol. The number of rotatable bonds is 3. The first-order chi connectivity index (χ1) is 11.3. The Bertz CT molecular complexity index is 910. The lowest BCUT2D eigenvalue weighted by atomic mass is 10.1. The van der Waals surface area contributed by atoms with Crippen LogP contribution in [0.4, 0.5) is 5.69 Å². The number of benzene rings is 2. The number of fused-ring (bicyclic) bond motifs is 1. The van der Waals surface area contributed by atoms with E-state index < -0.39 is 10.0 Å². The molecular formula is C17H17BrN2O3S. The smallest absolute Gasteiger partial charge is 0.259 e. The molecule has 5 nitrogen and oxygen atoms in total. The van der Waals surface area contributed by atoms with Crippen LogP contribution < -0.4 is 4.90 Å². The Labute approximate surface area is 150 Å². The highest BCUT2D eigenvalue weighted by Crippen LogP contribution is 2.32. The molecule has 0 aliphatic carbocycles. The number of nitrogens with zero attached hydrogens (tertiary/aromatic N) is 2. The van der Waals surface area contributed by atoms with Crippen LogP contribution in [-0.2, 0) is 16.4 Å². The van der Waals surface area contributed by atoms with E-state index in [1.807, 2.05) is 18.2 Å². The van der Waals surface area contributed by atoms with Gasteiger partial charge in [-0.3, -0.25) is 4.79 Å². The first-order valence-electron chi connectivity index (χ1n) is 7.44. The molecule has 7 heteroatoms. The summed E-state index contributed by atoms with van der Waals surface area (Å²) in [6.07, 6.45) is 0.641. The van der Waals surface area contributed by atoms with E-state index in [9.17, 15) is 13.2 Å². The summed E-state index contributed by atoms with van der Waals surface area (Å²) < 4.78 is 26.4. The lowest BCUT2D eigenvalue weighted by Gasteiger charge is -2.19. The number of carbonyl (C=O) groups is 1. The van der Waals surface area contributed by atoms with E-state index in [0.717, 1.165) is 15.7 Å². The second-order valence-electron chi connectivity index (χ2n) is 5.76. The fourth-order valence-corrected chi connectivity index (χ4v) is 4.15.